The van der Waals surface area contributed by atoms with E-state index >= 15 is 0 Å². The standard InChI is InChI=1S/C14H11BrN2/c1-3-12(13-7-6-11(15)9-17-13)14-10(2)5-4-8-16-14/h3-9H,1-2H2/b14-12-. The van der Waals surface area contributed by atoms with Gasteiger partial charge in [-0.1, -0.05) is 25.3 Å². The fourth-order valence-corrected chi connectivity index (χ4v) is 1.77. The quantitative estimate of drug-likeness (QED) is 0.844. The highest BCUT2D eigenvalue weighted by atomic mass is 79.9. The normalized spacial score (nSPS) is 12.1. The van der Waals surface area contributed by atoms with Crippen molar-refractivity contribution >= 4 is 28.1 Å². The summed E-state index contributed by atoms with van der Waals surface area (Å²) in [6.07, 6.45) is 5.25. The van der Waals surface area contributed by atoms with Crippen molar-refractivity contribution in [1.29, 1.82) is 0 Å². The minimum atomic E-state index is 0.817. The van der Waals surface area contributed by atoms with Gasteiger partial charge in [0.15, 0.2) is 0 Å². The SMILES string of the molecule is C=C/C(c1ccc(Br)cn1)=c1/ncccc1=C. The maximum absolute atomic E-state index is 4.34. The van der Waals surface area contributed by atoms with E-state index < -0.39 is 0 Å². The molecule has 0 spiro atoms. The van der Waals surface area contributed by atoms with Gasteiger partial charge in [-0.2, -0.15) is 0 Å². The smallest absolute Gasteiger partial charge is 0.0789 e. The molecule has 0 fully saturated rings. The summed E-state index contributed by atoms with van der Waals surface area (Å²) in [4.78, 5) is 8.67. The van der Waals surface area contributed by atoms with Crippen molar-refractivity contribution in [1.82, 2.24) is 9.97 Å². The van der Waals surface area contributed by atoms with Crippen LogP contribution in [0, 0.1) is 0 Å². The fraction of sp³-hybridized carbons (Fsp3) is 0. The lowest BCUT2D eigenvalue weighted by molar-refractivity contribution is 1.19. The third-order valence-corrected chi connectivity index (χ3v) is 2.82. The van der Waals surface area contributed by atoms with Crippen molar-refractivity contribution in [2.24, 2.45) is 0 Å². The van der Waals surface area contributed by atoms with E-state index in [4.69, 9.17) is 0 Å². The number of halogens is 1. The summed E-state index contributed by atoms with van der Waals surface area (Å²) in [6.45, 7) is 7.79. The first kappa shape index (κ1) is 11.7. The summed E-state index contributed by atoms with van der Waals surface area (Å²) >= 11 is 3.36. The molecule has 2 rings (SSSR count). The lowest BCUT2D eigenvalue weighted by Gasteiger charge is -2.01. The largest absolute Gasteiger partial charge is 0.256 e. The van der Waals surface area contributed by atoms with E-state index in [-0.39, 0.29) is 0 Å². The summed E-state index contributed by atoms with van der Waals surface area (Å²) in [6, 6.07) is 7.65. The Morgan fingerprint density at radius 3 is 2.65 bits per heavy atom. The van der Waals surface area contributed by atoms with E-state index in [1.165, 1.54) is 0 Å². The van der Waals surface area contributed by atoms with Gasteiger partial charge in [0, 0.05) is 22.4 Å². The second-order valence-electron chi connectivity index (χ2n) is 3.49. The van der Waals surface area contributed by atoms with Crippen LogP contribution >= 0.6 is 15.9 Å². The molecule has 0 saturated heterocycles. The summed E-state index contributed by atoms with van der Waals surface area (Å²) < 4.78 is 0.945. The van der Waals surface area contributed by atoms with Crippen LogP contribution in [0.2, 0.25) is 0 Å². The van der Waals surface area contributed by atoms with Gasteiger partial charge in [0.05, 0.1) is 11.0 Å². The number of hydrogen-bond acceptors (Lipinski definition) is 2. The molecular weight excluding hydrogens is 276 g/mol. The summed E-state index contributed by atoms with van der Waals surface area (Å²) in [5.74, 6) is 0. The van der Waals surface area contributed by atoms with Crippen molar-refractivity contribution in [3.63, 3.8) is 0 Å². The second-order valence-corrected chi connectivity index (χ2v) is 4.41. The first-order valence-corrected chi connectivity index (χ1v) is 5.90. The lowest BCUT2D eigenvalue weighted by atomic mass is 10.1. The fourth-order valence-electron chi connectivity index (χ4n) is 1.54. The van der Waals surface area contributed by atoms with E-state index in [0.29, 0.717) is 0 Å². The number of allylic oxidation sites excluding steroid dienone is 1. The first-order valence-electron chi connectivity index (χ1n) is 5.11. The first-order chi connectivity index (χ1) is 8.22. The monoisotopic (exact) mass is 286 g/mol. The van der Waals surface area contributed by atoms with Crippen LogP contribution in [0.25, 0.3) is 12.2 Å². The third kappa shape index (κ3) is 2.50. The number of pyridine rings is 2. The lowest BCUT2D eigenvalue weighted by Crippen LogP contribution is -2.28. The van der Waals surface area contributed by atoms with E-state index in [0.717, 1.165) is 26.3 Å². The van der Waals surface area contributed by atoms with Crippen LogP contribution < -0.4 is 10.6 Å². The molecule has 0 bridgehead atoms. The van der Waals surface area contributed by atoms with Crippen molar-refractivity contribution in [3.8, 4) is 0 Å². The Labute approximate surface area is 108 Å². The molecular formula is C14H11BrN2. The average Bonchev–Trinajstić information content (AvgIpc) is 2.35. The van der Waals surface area contributed by atoms with Gasteiger partial charge in [0.25, 0.3) is 0 Å². The highest BCUT2D eigenvalue weighted by molar-refractivity contribution is 9.10. The Morgan fingerprint density at radius 1 is 1.24 bits per heavy atom. The molecule has 0 N–H and O–H groups in total. The van der Waals surface area contributed by atoms with E-state index in [1.54, 1.807) is 18.5 Å². The van der Waals surface area contributed by atoms with Crippen LogP contribution in [0.15, 0.2) is 53.8 Å². The molecule has 0 aliphatic heterocycles. The molecule has 2 heterocycles. The zero-order chi connectivity index (χ0) is 12.3. The van der Waals surface area contributed by atoms with Gasteiger partial charge in [-0.05, 0) is 39.3 Å². The van der Waals surface area contributed by atoms with Gasteiger partial charge in [-0.3, -0.25) is 9.97 Å². The third-order valence-electron chi connectivity index (χ3n) is 2.35. The molecule has 0 radical (unpaired) electrons. The molecule has 3 heteroatoms. The Kier molecular flexibility index (Phi) is 3.49. The molecule has 2 nitrogen and oxygen atoms in total. The average molecular weight is 287 g/mol. The van der Waals surface area contributed by atoms with E-state index in [2.05, 4.69) is 39.1 Å². The predicted octanol–water partition coefficient (Wildman–Crippen LogP) is 2.03. The molecule has 0 aliphatic rings. The Balaban J connectivity index is 2.74. The number of nitrogens with zero attached hydrogens (tertiary/aromatic N) is 2. The number of aromatic nitrogens is 2. The van der Waals surface area contributed by atoms with Crippen molar-refractivity contribution in [2.75, 3.05) is 0 Å². The van der Waals surface area contributed by atoms with Gasteiger partial charge in [0.1, 0.15) is 0 Å². The van der Waals surface area contributed by atoms with E-state index in [1.807, 2.05) is 24.3 Å². The summed E-state index contributed by atoms with van der Waals surface area (Å²) in [7, 11) is 0. The minimum absolute atomic E-state index is 0.817. The molecule has 2 aromatic heterocycles. The second kappa shape index (κ2) is 5.06. The molecule has 0 aromatic carbocycles. The van der Waals surface area contributed by atoms with Gasteiger partial charge in [-0.15, -0.1) is 0 Å². The number of rotatable bonds is 2. The molecule has 0 unspecified atom stereocenters. The van der Waals surface area contributed by atoms with Crippen molar-refractivity contribution < 1.29 is 0 Å². The highest BCUT2D eigenvalue weighted by Gasteiger charge is 2.01. The van der Waals surface area contributed by atoms with Crippen LogP contribution in [-0.4, -0.2) is 9.97 Å². The molecule has 0 atom stereocenters. The van der Waals surface area contributed by atoms with Gasteiger partial charge < -0.3 is 0 Å². The van der Waals surface area contributed by atoms with Crippen LogP contribution in [0.5, 0.6) is 0 Å². The van der Waals surface area contributed by atoms with Gasteiger partial charge in [0.2, 0.25) is 0 Å². The summed E-state index contributed by atoms with van der Waals surface area (Å²) in [5, 5.41) is 1.68. The van der Waals surface area contributed by atoms with Crippen LogP contribution in [0.3, 0.4) is 0 Å². The molecule has 17 heavy (non-hydrogen) atoms. The van der Waals surface area contributed by atoms with Crippen molar-refractivity contribution in [3.05, 3.63) is 70.0 Å². The molecule has 0 aliphatic carbocycles. The Hall–Kier alpha value is -1.74. The van der Waals surface area contributed by atoms with Crippen molar-refractivity contribution in [2.45, 2.75) is 0 Å². The molecule has 2 aromatic rings. The zero-order valence-corrected chi connectivity index (χ0v) is 10.8. The zero-order valence-electron chi connectivity index (χ0n) is 9.23. The van der Waals surface area contributed by atoms with E-state index in [9.17, 15) is 0 Å². The summed E-state index contributed by atoms with van der Waals surface area (Å²) in [5.41, 5.74) is 1.73. The topological polar surface area (TPSA) is 25.8 Å². The highest BCUT2D eigenvalue weighted by Crippen LogP contribution is 2.12. The maximum Gasteiger partial charge on any atom is 0.0789 e. The van der Waals surface area contributed by atoms with Crippen LogP contribution in [0.1, 0.15) is 5.69 Å². The van der Waals surface area contributed by atoms with Gasteiger partial charge in [-0.25, -0.2) is 0 Å². The van der Waals surface area contributed by atoms with Crippen LogP contribution in [0.4, 0.5) is 0 Å². The van der Waals surface area contributed by atoms with Crippen LogP contribution in [-0.2, 0) is 0 Å². The molecule has 84 valence electrons. The van der Waals surface area contributed by atoms with Gasteiger partial charge >= 0.3 is 0 Å². The maximum atomic E-state index is 4.34. The minimum Gasteiger partial charge on any atom is -0.256 e. The Bertz CT molecular complexity index is 645. The molecule has 0 saturated carbocycles. The predicted molar refractivity (Wildman–Crippen MR) is 73.7 cm³/mol. The molecule has 0 amide bonds. The number of hydrogen-bond donors (Lipinski definition) is 0. The Morgan fingerprint density at radius 2 is 2.06 bits per heavy atom.